The minimum absolute atomic E-state index is 0.0228. The highest BCUT2D eigenvalue weighted by atomic mass is 35.5. The molecule has 2 aromatic rings. The predicted molar refractivity (Wildman–Crippen MR) is 83.9 cm³/mol. The number of carbonyl (C=O) groups is 1. The van der Waals surface area contributed by atoms with E-state index in [1.807, 2.05) is 59.5 Å². The monoisotopic (exact) mass is 301 g/mol. The van der Waals surface area contributed by atoms with Crippen molar-refractivity contribution in [2.24, 2.45) is 0 Å². The molecule has 1 aliphatic heterocycles. The number of rotatable bonds is 3. The smallest absolute Gasteiger partial charge is 0.228 e. The fourth-order valence-corrected chi connectivity index (χ4v) is 2.78. The lowest BCUT2D eigenvalue weighted by Gasteiger charge is -2.37. The molecule has 0 saturated carbocycles. The summed E-state index contributed by atoms with van der Waals surface area (Å²) in [6.07, 6.45) is 0.319. The molecule has 3 nitrogen and oxygen atoms in total. The molecule has 1 aliphatic rings. The van der Waals surface area contributed by atoms with E-state index in [-0.39, 0.29) is 11.9 Å². The summed E-state index contributed by atoms with van der Waals surface area (Å²) in [6, 6.07) is 17.4. The van der Waals surface area contributed by atoms with Gasteiger partial charge in [0.05, 0.1) is 11.7 Å². The van der Waals surface area contributed by atoms with E-state index in [0.29, 0.717) is 18.9 Å². The zero-order chi connectivity index (χ0) is 14.7. The second-order valence-electron chi connectivity index (χ2n) is 4.91. The number of fused-ring (bicyclic) bond motifs is 1. The van der Waals surface area contributed by atoms with Crippen LogP contribution in [0.4, 0.5) is 5.69 Å². The summed E-state index contributed by atoms with van der Waals surface area (Å²) in [4.78, 5) is 14.3. The molecule has 21 heavy (non-hydrogen) atoms. The van der Waals surface area contributed by atoms with Crippen LogP contribution in [-0.4, -0.2) is 18.4 Å². The summed E-state index contributed by atoms with van der Waals surface area (Å²) in [5, 5.41) is 0. The van der Waals surface area contributed by atoms with Crippen LogP contribution < -0.4 is 9.64 Å². The van der Waals surface area contributed by atoms with E-state index in [0.717, 1.165) is 17.0 Å². The van der Waals surface area contributed by atoms with E-state index in [2.05, 4.69) is 0 Å². The normalized spacial score (nSPS) is 17.0. The summed E-state index contributed by atoms with van der Waals surface area (Å²) in [5.74, 6) is 1.09. The van der Waals surface area contributed by atoms with Crippen LogP contribution in [0.3, 0.4) is 0 Å². The number of alkyl halides is 1. The number of benzene rings is 2. The molecule has 0 spiro atoms. The fraction of sp³-hybridized carbons (Fsp3) is 0.235. The van der Waals surface area contributed by atoms with Gasteiger partial charge in [-0.05, 0) is 17.7 Å². The van der Waals surface area contributed by atoms with Crippen molar-refractivity contribution in [3.63, 3.8) is 0 Å². The van der Waals surface area contributed by atoms with E-state index < -0.39 is 0 Å². The van der Waals surface area contributed by atoms with E-state index in [9.17, 15) is 4.79 Å². The second-order valence-corrected chi connectivity index (χ2v) is 5.29. The Morgan fingerprint density at radius 3 is 2.62 bits per heavy atom. The molecule has 0 fully saturated rings. The van der Waals surface area contributed by atoms with Gasteiger partial charge >= 0.3 is 0 Å². The third-order valence-corrected chi connectivity index (χ3v) is 3.78. The van der Waals surface area contributed by atoms with Crippen LogP contribution in [0.5, 0.6) is 5.75 Å². The molecule has 108 valence electrons. The van der Waals surface area contributed by atoms with Crippen molar-refractivity contribution in [1.29, 1.82) is 0 Å². The van der Waals surface area contributed by atoms with Crippen molar-refractivity contribution in [2.75, 3.05) is 17.4 Å². The SMILES string of the molecule is O=C(CCCl)N1c2ccccc2OC[C@H]1c1ccccc1. The molecule has 0 unspecified atom stereocenters. The highest BCUT2D eigenvalue weighted by Crippen LogP contribution is 2.39. The average Bonchev–Trinajstić information content (AvgIpc) is 2.54. The average molecular weight is 302 g/mol. The molecular weight excluding hydrogens is 286 g/mol. The number of carbonyl (C=O) groups excluding carboxylic acids is 1. The van der Waals surface area contributed by atoms with Gasteiger partial charge in [-0.3, -0.25) is 9.69 Å². The number of anilines is 1. The highest BCUT2D eigenvalue weighted by molar-refractivity contribution is 6.19. The van der Waals surface area contributed by atoms with Crippen LogP contribution in [0.2, 0.25) is 0 Å². The van der Waals surface area contributed by atoms with Gasteiger partial charge in [0.1, 0.15) is 12.4 Å². The first-order valence-electron chi connectivity index (χ1n) is 6.96. The quantitative estimate of drug-likeness (QED) is 0.807. The summed E-state index contributed by atoms with van der Waals surface area (Å²) in [6.45, 7) is 0.453. The van der Waals surface area contributed by atoms with Crippen molar-refractivity contribution in [2.45, 2.75) is 12.5 Å². The summed E-state index contributed by atoms with van der Waals surface area (Å²) in [5.41, 5.74) is 1.88. The lowest BCUT2D eigenvalue weighted by Crippen LogP contribution is -2.41. The van der Waals surface area contributed by atoms with Crippen molar-refractivity contribution in [3.8, 4) is 5.75 Å². The molecule has 3 rings (SSSR count). The molecule has 0 bridgehead atoms. The molecule has 0 N–H and O–H groups in total. The zero-order valence-electron chi connectivity index (χ0n) is 11.5. The van der Waals surface area contributed by atoms with Crippen molar-refractivity contribution >= 4 is 23.2 Å². The van der Waals surface area contributed by atoms with Gasteiger partial charge in [0, 0.05) is 12.3 Å². The molecule has 0 saturated heterocycles. The first-order chi connectivity index (χ1) is 10.3. The van der Waals surface area contributed by atoms with Gasteiger partial charge in [0.25, 0.3) is 0 Å². The third kappa shape index (κ3) is 2.74. The minimum atomic E-state index is -0.114. The summed E-state index contributed by atoms with van der Waals surface area (Å²) < 4.78 is 5.82. The predicted octanol–water partition coefficient (Wildman–Crippen LogP) is 3.78. The van der Waals surface area contributed by atoms with Crippen molar-refractivity contribution in [3.05, 3.63) is 60.2 Å². The Labute approximate surface area is 129 Å². The van der Waals surface area contributed by atoms with Crippen molar-refractivity contribution < 1.29 is 9.53 Å². The fourth-order valence-electron chi connectivity index (χ4n) is 2.62. The van der Waals surface area contributed by atoms with Gasteiger partial charge < -0.3 is 4.74 Å². The number of hydrogen-bond donors (Lipinski definition) is 0. The first kappa shape index (κ1) is 14.0. The second kappa shape index (κ2) is 6.19. The number of halogens is 1. The Morgan fingerprint density at radius 2 is 1.86 bits per heavy atom. The molecular formula is C17H16ClNO2. The van der Waals surface area contributed by atoms with Gasteiger partial charge in [-0.15, -0.1) is 11.6 Å². The molecule has 1 heterocycles. The van der Waals surface area contributed by atoms with Crippen LogP contribution in [-0.2, 0) is 4.79 Å². The highest BCUT2D eigenvalue weighted by Gasteiger charge is 2.32. The largest absolute Gasteiger partial charge is 0.489 e. The molecule has 2 aromatic carbocycles. The Kier molecular flexibility index (Phi) is 4.11. The van der Waals surface area contributed by atoms with Crippen LogP contribution in [0, 0.1) is 0 Å². The number of nitrogens with zero attached hydrogens (tertiary/aromatic N) is 1. The number of ether oxygens (including phenoxy) is 1. The molecule has 1 atom stereocenters. The number of amides is 1. The van der Waals surface area contributed by atoms with Gasteiger partial charge in [-0.2, -0.15) is 0 Å². The first-order valence-corrected chi connectivity index (χ1v) is 7.49. The maximum Gasteiger partial charge on any atom is 0.228 e. The van der Waals surface area contributed by atoms with Gasteiger partial charge in [0.2, 0.25) is 5.91 Å². The molecule has 0 aliphatic carbocycles. The molecule has 0 aromatic heterocycles. The molecule has 1 amide bonds. The maximum absolute atomic E-state index is 12.5. The standard InChI is InChI=1S/C17H16ClNO2/c18-11-10-17(20)19-14-8-4-5-9-16(14)21-12-15(19)13-6-2-1-3-7-13/h1-9,15H,10-12H2/t15-/m0/s1. The maximum atomic E-state index is 12.5. The Morgan fingerprint density at radius 1 is 1.14 bits per heavy atom. The van der Waals surface area contributed by atoms with E-state index in [1.165, 1.54) is 0 Å². The number of hydrogen-bond acceptors (Lipinski definition) is 2. The van der Waals surface area contributed by atoms with Gasteiger partial charge in [-0.1, -0.05) is 42.5 Å². The van der Waals surface area contributed by atoms with E-state index >= 15 is 0 Å². The Hall–Kier alpha value is -2.00. The van der Waals surface area contributed by atoms with Gasteiger partial charge in [-0.25, -0.2) is 0 Å². The van der Waals surface area contributed by atoms with Crippen molar-refractivity contribution in [1.82, 2.24) is 0 Å². The Bertz CT molecular complexity index is 630. The lowest BCUT2D eigenvalue weighted by atomic mass is 10.0. The van der Waals surface area contributed by atoms with Crippen LogP contribution in [0.25, 0.3) is 0 Å². The zero-order valence-corrected chi connectivity index (χ0v) is 12.3. The van der Waals surface area contributed by atoms with Crippen LogP contribution >= 0.6 is 11.6 Å². The third-order valence-electron chi connectivity index (χ3n) is 3.59. The van der Waals surface area contributed by atoms with Crippen LogP contribution in [0.15, 0.2) is 54.6 Å². The lowest BCUT2D eigenvalue weighted by molar-refractivity contribution is -0.119. The minimum Gasteiger partial charge on any atom is -0.489 e. The van der Waals surface area contributed by atoms with Crippen LogP contribution in [0.1, 0.15) is 18.0 Å². The van der Waals surface area contributed by atoms with Gasteiger partial charge in [0.15, 0.2) is 0 Å². The Balaban J connectivity index is 2.03. The molecule has 0 radical (unpaired) electrons. The number of para-hydroxylation sites is 2. The molecule has 4 heteroatoms. The van der Waals surface area contributed by atoms with E-state index in [4.69, 9.17) is 16.3 Å². The summed E-state index contributed by atoms with van der Waals surface area (Å²) >= 11 is 5.76. The summed E-state index contributed by atoms with van der Waals surface area (Å²) in [7, 11) is 0. The van der Waals surface area contributed by atoms with E-state index in [1.54, 1.807) is 0 Å². The topological polar surface area (TPSA) is 29.5 Å².